The summed E-state index contributed by atoms with van der Waals surface area (Å²) in [5, 5.41) is 4.33. The lowest BCUT2D eigenvalue weighted by Gasteiger charge is -2.08. The molecule has 33 heavy (non-hydrogen) atoms. The molecule has 0 unspecified atom stereocenters. The predicted molar refractivity (Wildman–Crippen MR) is 136 cm³/mol. The third-order valence-corrected chi connectivity index (χ3v) is 5.74. The number of fused-ring (bicyclic) bond motifs is 1. The van der Waals surface area contributed by atoms with Crippen molar-refractivity contribution >= 4 is 51.3 Å². The first-order valence-electron chi connectivity index (χ1n) is 9.97. The summed E-state index contributed by atoms with van der Waals surface area (Å²) in [4.78, 5) is 18.7. The second kappa shape index (κ2) is 10.1. The monoisotopic (exact) mass is 470 g/mol. The predicted octanol–water partition coefficient (Wildman–Crippen LogP) is 5.22. The van der Waals surface area contributed by atoms with Crippen LogP contribution in [0.3, 0.4) is 0 Å². The van der Waals surface area contributed by atoms with E-state index in [1.165, 1.54) is 28.7 Å². The van der Waals surface area contributed by atoms with Gasteiger partial charge in [0.25, 0.3) is 0 Å². The quantitative estimate of drug-likeness (QED) is 0.350. The highest BCUT2D eigenvalue weighted by Gasteiger charge is 2.08. The molecule has 0 aliphatic heterocycles. The summed E-state index contributed by atoms with van der Waals surface area (Å²) in [6.45, 7) is 0. The molecule has 0 aliphatic rings. The van der Waals surface area contributed by atoms with E-state index < -0.39 is 0 Å². The molecule has 6 nitrogen and oxygen atoms in total. The maximum absolute atomic E-state index is 5.57. The molecule has 5 aromatic rings. The first-order chi connectivity index (χ1) is 15.7. The zero-order valence-corrected chi connectivity index (χ0v) is 19.0. The van der Waals surface area contributed by atoms with Gasteiger partial charge in [-0.15, -0.1) is 23.7 Å². The number of halogens is 1. The molecule has 8 heteroatoms. The van der Waals surface area contributed by atoms with Gasteiger partial charge < -0.3 is 11.1 Å². The molecule has 0 amide bonds. The van der Waals surface area contributed by atoms with Crippen LogP contribution in [-0.2, 0) is 6.42 Å². The van der Waals surface area contributed by atoms with Crippen molar-refractivity contribution in [3.8, 4) is 11.8 Å². The van der Waals surface area contributed by atoms with E-state index in [-0.39, 0.29) is 12.4 Å². The third kappa shape index (κ3) is 5.44. The molecule has 3 heterocycles. The van der Waals surface area contributed by atoms with E-state index >= 15 is 0 Å². The van der Waals surface area contributed by atoms with E-state index in [1.54, 1.807) is 12.5 Å². The molecule has 0 spiro atoms. The first kappa shape index (κ1) is 22.2. The van der Waals surface area contributed by atoms with Crippen molar-refractivity contribution in [1.29, 1.82) is 0 Å². The largest absolute Gasteiger partial charge is 0.382 e. The van der Waals surface area contributed by atoms with Gasteiger partial charge >= 0.3 is 0 Å². The Bertz CT molecular complexity index is 1420. The van der Waals surface area contributed by atoms with Crippen molar-refractivity contribution in [3.05, 3.63) is 101 Å². The summed E-state index contributed by atoms with van der Waals surface area (Å²) < 4.78 is 0. The maximum atomic E-state index is 5.57. The van der Waals surface area contributed by atoms with Crippen molar-refractivity contribution in [2.75, 3.05) is 11.1 Å². The molecule has 0 saturated carbocycles. The van der Waals surface area contributed by atoms with Gasteiger partial charge in [0.2, 0.25) is 0 Å². The summed E-state index contributed by atoms with van der Waals surface area (Å²) >= 11 is 1.51. The van der Waals surface area contributed by atoms with Crippen LogP contribution in [0.1, 0.15) is 21.7 Å². The number of hydrogen-bond acceptors (Lipinski definition) is 7. The Balaban J connectivity index is 0.00000259. The van der Waals surface area contributed by atoms with Crippen LogP contribution < -0.4 is 11.1 Å². The van der Waals surface area contributed by atoms with Crippen LogP contribution in [0.2, 0.25) is 0 Å². The summed E-state index contributed by atoms with van der Waals surface area (Å²) in [7, 11) is 0. The number of aromatic nitrogens is 4. The second-order valence-electron chi connectivity index (χ2n) is 7.11. The van der Waals surface area contributed by atoms with E-state index in [0.29, 0.717) is 11.5 Å². The summed E-state index contributed by atoms with van der Waals surface area (Å²) in [5.74, 6) is 7.25. The van der Waals surface area contributed by atoms with Gasteiger partial charge in [0.05, 0.1) is 22.7 Å². The number of nitrogens with zero attached hydrogens (tertiary/aromatic N) is 4. The average molecular weight is 471 g/mol. The van der Waals surface area contributed by atoms with Crippen LogP contribution in [0, 0.1) is 11.8 Å². The third-order valence-electron chi connectivity index (χ3n) is 4.78. The number of nitrogens with one attached hydrogen (secondary N) is 1. The van der Waals surface area contributed by atoms with E-state index in [1.807, 2.05) is 12.1 Å². The number of nitrogens with two attached hydrogens (primary N) is 1. The summed E-state index contributed by atoms with van der Waals surface area (Å²) in [6.07, 6.45) is 5.52. The fourth-order valence-electron chi connectivity index (χ4n) is 3.22. The number of benzene rings is 2. The minimum Gasteiger partial charge on any atom is -0.382 e. The highest BCUT2D eigenvalue weighted by molar-refractivity contribution is 7.19. The fraction of sp³-hybridized carbons (Fsp3) is 0.0400. The Kier molecular flexibility index (Phi) is 6.79. The van der Waals surface area contributed by atoms with Gasteiger partial charge in [0.1, 0.15) is 28.5 Å². The SMILES string of the molecule is Cl.Nc1cnc(C#Cc2cc3c(Nc4ccc(Cc5ccccc5)cc4)ncnc3s2)cn1. The fourth-order valence-corrected chi connectivity index (χ4v) is 4.07. The Hall–Kier alpha value is -3.99. The van der Waals surface area contributed by atoms with Gasteiger partial charge in [-0.3, -0.25) is 0 Å². The highest BCUT2D eigenvalue weighted by Crippen LogP contribution is 2.29. The zero-order chi connectivity index (χ0) is 21.8. The molecule has 2 aromatic carbocycles. The van der Waals surface area contributed by atoms with Crippen LogP contribution in [0.5, 0.6) is 0 Å². The van der Waals surface area contributed by atoms with Crippen molar-refractivity contribution in [2.24, 2.45) is 0 Å². The minimum absolute atomic E-state index is 0. The molecule has 0 bridgehead atoms. The second-order valence-corrected chi connectivity index (χ2v) is 8.14. The Labute approximate surface area is 201 Å². The zero-order valence-electron chi connectivity index (χ0n) is 17.4. The molecule has 0 aliphatic carbocycles. The molecule has 162 valence electrons. The average Bonchev–Trinajstić information content (AvgIpc) is 3.25. The van der Waals surface area contributed by atoms with Gasteiger partial charge in [-0.1, -0.05) is 42.5 Å². The molecule has 0 atom stereocenters. The van der Waals surface area contributed by atoms with Crippen LogP contribution in [0.15, 0.2) is 79.4 Å². The van der Waals surface area contributed by atoms with Crippen molar-refractivity contribution in [2.45, 2.75) is 6.42 Å². The van der Waals surface area contributed by atoms with E-state index in [9.17, 15) is 0 Å². The van der Waals surface area contributed by atoms with Crippen LogP contribution >= 0.6 is 23.7 Å². The Morgan fingerprint density at radius 3 is 2.39 bits per heavy atom. The Morgan fingerprint density at radius 1 is 0.848 bits per heavy atom. The standard InChI is InChI=1S/C25H18N6S.ClH/c26-23-15-27-20(14-28-23)10-11-21-13-22-24(29-16-30-25(22)32-21)31-19-8-6-18(7-9-19)12-17-4-2-1-3-5-17;/h1-9,13-16H,12H2,(H2,26,28)(H,29,30,31);1H. The molecule has 5 rings (SSSR count). The van der Waals surface area contributed by atoms with E-state index in [2.05, 4.69) is 85.6 Å². The summed E-state index contributed by atoms with van der Waals surface area (Å²) in [6, 6.07) is 20.8. The number of hydrogen-bond donors (Lipinski definition) is 2. The lowest BCUT2D eigenvalue weighted by atomic mass is 10.0. The number of rotatable bonds is 4. The van der Waals surface area contributed by atoms with Crippen molar-refractivity contribution in [3.63, 3.8) is 0 Å². The lowest BCUT2D eigenvalue weighted by molar-refractivity contribution is 1.18. The normalized spacial score (nSPS) is 10.2. The minimum atomic E-state index is 0. The van der Waals surface area contributed by atoms with Crippen molar-refractivity contribution in [1.82, 2.24) is 19.9 Å². The van der Waals surface area contributed by atoms with Gasteiger partial charge in [0, 0.05) is 5.69 Å². The van der Waals surface area contributed by atoms with Crippen LogP contribution in [0.25, 0.3) is 10.2 Å². The van der Waals surface area contributed by atoms with Crippen LogP contribution in [-0.4, -0.2) is 19.9 Å². The molecule has 0 fully saturated rings. The molecular formula is C25H19ClN6S. The number of thiophene rings is 1. The van der Waals surface area contributed by atoms with E-state index in [4.69, 9.17) is 5.73 Å². The molecule has 3 N–H and O–H groups in total. The molecular weight excluding hydrogens is 452 g/mol. The maximum Gasteiger partial charge on any atom is 0.142 e. The van der Waals surface area contributed by atoms with Gasteiger partial charge in [-0.2, -0.15) is 0 Å². The van der Waals surface area contributed by atoms with E-state index in [0.717, 1.165) is 33.0 Å². The Morgan fingerprint density at radius 2 is 1.64 bits per heavy atom. The first-order valence-corrected chi connectivity index (χ1v) is 10.8. The number of anilines is 3. The van der Waals surface area contributed by atoms with Crippen LogP contribution in [0.4, 0.5) is 17.3 Å². The summed E-state index contributed by atoms with van der Waals surface area (Å²) in [5.41, 5.74) is 9.65. The van der Waals surface area contributed by atoms with Gasteiger partial charge in [0.15, 0.2) is 0 Å². The molecule has 0 saturated heterocycles. The van der Waals surface area contributed by atoms with Gasteiger partial charge in [-0.05, 0) is 47.6 Å². The van der Waals surface area contributed by atoms with Gasteiger partial charge in [-0.25, -0.2) is 19.9 Å². The van der Waals surface area contributed by atoms with Crippen molar-refractivity contribution < 1.29 is 0 Å². The smallest absolute Gasteiger partial charge is 0.142 e. The molecule has 3 aromatic heterocycles. The topological polar surface area (TPSA) is 89.6 Å². The lowest BCUT2D eigenvalue weighted by Crippen LogP contribution is -1.95. The highest BCUT2D eigenvalue weighted by atomic mass is 35.5. The number of nitrogen functional groups attached to an aromatic ring is 1. The molecule has 0 radical (unpaired) electrons.